The Morgan fingerprint density at radius 1 is 1.26 bits per heavy atom. The number of nitrogens with one attached hydrogen (secondary N) is 1. The van der Waals surface area contributed by atoms with Gasteiger partial charge in [-0.1, -0.05) is 49.3 Å². The lowest BCUT2D eigenvalue weighted by Gasteiger charge is -2.09. The number of benzene rings is 1. The normalized spacial score (nSPS) is 11.7. The zero-order chi connectivity index (χ0) is 13.9. The molecule has 19 heavy (non-hydrogen) atoms. The van der Waals surface area contributed by atoms with Gasteiger partial charge in [0.05, 0.1) is 11.9 Å². The Morgan fingerprint density at radius 3 is 2.58 bits per heavy atom. The van der Waals surface area contributed by atoms with Gasteiger partial charge in [0.25, 0.3) is 0 Å². The van der Waals surface area contributed by atoms with E-state index in [1.165, 1.54) is 6.20 Å². The average molecular weight is 280 g/mol. The van der Waals surface area contributed by atoms with E-state index in [0.717, 1.165) is 5.56 Å². The van der Waals surface area contributed by atoms with Crippen LogP contribution in [0.5, 0.6) is 0 Å². The van der Waals surface area contributed by atoms with Crippen LogP contribution in [0.1, 0.15) is 13.8 Å². The van der Waals surface area contributed by atoms with E-state index < -0.39 is 10.0 Å². The van der Waals surface area contributed by atoms with E-state index >= 15 is 0 Å². The highest BCUT2D eigenvalue weighted by Crippen LogP contribution is 2.28. The standard InChI is InChI=1S/C13H16N2O3S/c1-10(2)9-19(16,17)15-12-8-14-18-13(12)11-6-4-3-5-7-11/h3-8,10,15H,9H2,1-2H3. The van der Waals surface area contributed by atoms with E-state index in [4.69, 9.17) is 4.52 Å². The maximum Gasteiger partial charge on any atom is 0.233 e. The van der Waals surface area contributed by atoms with Crippen molar-refractivity contribution in [1.29, 1.82) is 0 Å². The van der Waals surface area contributed by atoms with Crippen LogP contribution in [0.25, 0.3) is 11.3 Å². The molecule has 0 aliphatic carbocycles. The molecule has 1 aromatic heterocycles. The number of nitrogens with zero attached hydrogens (tertiary/aromatic N) is 1. The molecule has 0 aliphatic heterocycles. The fourth-order valence-electron chi connectivity index (χ4n) is 1.76. The van der Waals surface area contributed by atoms with Crippen LogP contribution in [0.3, 0.4) is 0 Å². The first-order valence-electron chi connectivity index (χ1n) is 5.98. The third-order valence-corrected chi connectivity index (χ3v) is 4.06. The Bertz CT molecular complexity index is 633. The second-order valence-electron chi connectivity index (χ2n) is 4.71. The number of hydrogen-bond donors (Lipinski definition) is 1. The fraction of sp³-hybridized carbons (Fsp3) is 0.308. The molecule has 0 spiro atoms. The van der Waals surface area contributed by atoms with E-state index in [1.807, 2.05) is 44.2 Å². The molecule has 0 saturated carbocycles. The topological polar surface area (TPSA) is 72.2 Å². The van der Waals surface area contributed by atoms with Crippen LogP contribution >= 0.6 is 0 Å². The zero-order valence-corrected chi connectivity index (χ0v) is 11.6. The van der Waals surface area contributed by atoms with E-state index in [0.29, 0.717) is 11.4 Å². The first kappa shape index (κ1) is 13.6. The SMILES string of the molecule is CC(C)CS(=O)(=O)Nc1cnoc1-c1ccccc1. The summed E-state index contributed by atoms with van der Waals surface area (Å²) in [5, 5.41) is 3.66. The van der Waals surface area contributed by atoms with Crippen molar-refractivity contribution in [3.63, 3.8) is 0 Å². The van der Waals surface area contributed by atoms with E-state index in [-0.39, 0.29) is 11.7 Å². The van der Waals surface area contributed by atoms with Crippen LogP contribution in [-0.4, -0.2) is 19.3 Å². The maximum absolute atomic E-state index is 11.9. The van der Waals surface area contributed by atoms with Gasteiger partial charge in [-0.3, -0.25) is 4.72 Å². The molecule has 0 saturated heterocycles. The zero-order valence-electron chi connectivity index (χ0n) is 10.8. The lowest BCUT2D eigenvalue weighted by molar-refractivity contribution is 0.432. The molecule has 0 atom stereocenters. The Kier molecular flexibility index (Phi) is 3.90. The average Bonchev–Trinajstić information content (AvgIpc) is 2.75. The number of hydrogen-bond acceptors (Lipinski definition) is 4. The minimum Gasteiger partial charge on any atom is -0.354 e. The Balaban J connectivity index is 2.27. The number of aromatic nitrogens is 1. The van der Waals surface area contributed by atoms with Gasteiger partial charge in [-0.2, -0.15) is 0 Å². The van der Waals surface area contributed by atoms with Gasteiger partial charge in [0, 0.05) is 5.56 Å². The van der Waals surface area contributed by atoms with Crippen molar-refractivity contribution in [3.8, 4) is 11.3 Å². The second kappa shape index (κ2) is 5.44. The third kappa shape index (κ3) is 3.57. The fourth-order valence-corrected chi connectivity index (χ4v) is 3.20. The second-order valence-corrected chi connectivity index (χ2v) is 6.48. The number of anilines is 1. The lowest BCUT2D eigenvalue weighted by atomic mass is 10.1. The van der Waals surface area contributed by atoms with Gasteiger partial charge in [0.1, 0.15) is 5.69 Å². The van der Waals surface area contributed by atoms with E-state index in [9.17, 15) is 8.42 Å². The van der Waals surface area contributed by atoms with Crippen LogP contribution in [0, 0.1) is 5.92 Å². The summed E-state index contributed by atoms with van der Waals surface area (Å²) in [6, 6.07) is 9.25. The predicted molar refractivity (Wildman–Crippen MR) is 74.2 cm³/mol. The van der Waals surface area contributed by atoms with Crippen molar-refractivity contribution in [3.05, 3.63) is 36.5 Å². The van der Waals surface area contributed by atoms with Gasteiger partial charge >= 0.3 is 0 Å². The molecular weight excluding hydrogens is 264 g/mol. The lowest BCUT2D eigenvalue weighted by Crippen LogP contribution is -2.20. The molecule has 0 unspecified atom stereocenters. The van der Waals surface area contributed by atoms with Crippen LogP contribution in [0.15, 0.2) is 41.1 Å². The molecule has 1 heterocycles. The largest absolute Gasteiger partial charge is 0.354 e. The first-order chi connectivity index (χ1) is 8.98. The highest BCUT2D eigenvalue weighted by molar-refractivity contribution is 7.92. The monoisotopic (exact) mass is 280 g/mol. The minimum absolute atomic E-state index is 0.0533. The molecule has 1 aromatic carbocycles. The van der Waals surface area contributed by atoms with Crippen molar-refractivity contribution in [2.45, 2.75) is 13.8 Å². The summed E-state index contributed by atoms with van der Waals surface area (Å²) in [5.74, 6) is 0.539. The van der Waals surface area contributed by atoms with Crippen LogP contribution in [0.4, 0.5) is 5.69 Å². The van der Waals surface area contributed by atoms with Gasteiger partial charge in [-0.15, -0.1) is 0 Å². The molecule has 2 aromatic rings. The summed E-state index contributed by atoms with van der Waals surface area (Å²) < 4.78 is 31.5. The molecule has 0 fully saturated rings. The summed E-state index contributed by atoms with van der Waals surface area (Å²) in [6.07, 6.45) is 1.38. The molecule has 1 N–H and O–H groups in total. The minimum atomic E-state index is -3.38. The van der Waals surface area contributed by atoms with Crippen molar-refractivity contribution in [2.24, 2.45) is 5.92 Å². The van der Waals surface area contributed by atoms with E-state index in [1.54, 1.807) is 0 Å². The molecule has 2 rings (SSSR count). The molecule has 0 aliphatic rings. The van der Waals surface area contributed by atoms with Gasteiger partial charge in [0.2, 0.25) is 10.0 Å². The van der Waals surface area contributed by atoms with Gasteiger partial charge in [-0.25, -0.2) is 8.42 Å². The summed E-state index contributed by atoms with van der Waals surface area (Å²) in [7, 11) is -3.38. The van der Waals surface area contributed by atoms with Gasteiger partial charge in [-0.05, 0) is 5.92 Å². The molecule has 5 nitrogen and oxygen atoms in total. The van der Waals surface area contributed by atoms with Crippen LogP contribution < -0.4 is 4.72 Å². The van der Waals surface area contributed by atoms with Crippen LogP contribution in [-0.2, 0) is 10.0 Å². The predicted octanol–water partition coefficient (Wildman–Crippen LogP) is 2.74. The smallest absolute Gasteiger partial charge is 0.233 e. The first-order valence-corrected chi connectivity index (χ1v) is 7.64. The highest BCUT2D eigenvalue weighted by atomic mass is 32.2. The molecule has 6 heteroatoms. The number of rotatable bonds is 5. The summed E-state index contributed by atoms with van der Waals surface area (Å²) in [5.41, 5.74) is 1.15. The van der Waals surface area contributed by atoms with Crippen molar-refractivity contribution in [1.82, 2.24) is 5.16 Å². The van der Waals surface area contributed by atoms with E-state index in [2.05, 4.69) is 9.88 Å². The van der Waals surface area contributed by atoms with Gasteiger partial charge in [0.15, 0.2) is 5.76 Å². The molecule has 0 amide bonds. The maximum atomic E-state index is 11.9. The number of sulfonamides is 1. The molecule has 0 radical (unpaired) electrons. The highest BCUT2D eigenvalue weighted by Gasteiger charge is 2.18. The third-order valence-electron chi connectivity index (χ3n) is 2.42. The summed E-state index contributed by atoms with van der Waals surface area (Å²) >= 11 is 0. The molecule has 0 bridgehead atoms. The summed E-state index contributed by atoms with van der Waals surface area (Å²) in [4.78, 5) is 0. The van der Waals surface area contributed by atoms with Crippen LogP contribution in [0.2, 0.25) is 0 Å². The Labute approximate surface area is 112 Å². The quantitative estimate of drug-likeness (QED) is 0.914. The van der Waals surface area contributed by atoms with Gasteiger partial charge < -0.3 is 4.52 Å². The summed E-state index contributed by atoms with van der Waals surface area (Å²) in [6.45, 7) is 3.70. The molecular formula is C13H16N2O3S. The Hall–Kier alpha value is -1.82. The van der Waals surface area contributed by atoms with Crippen molar-refractivity contribution in [2.75, 3.05) is 10.5 Å². The Morgan fingerprint density at radius 2 is 1.95 bits per heavy atom. The molecule has 102 valence electrons. The van der Waals surface area contributed by atoms with Crippen molar-refractivity contribution >= 4 is 15.7 Å². The van der Waals surface area contributed by atoms with Crippen molar-refractivity contribution < 1.29 is 12.9 Å².